The maximum atomic E-state index is 5.63. The molecule has 0 unspecified atom stereocenters. The molecule has 0 saturated carbocycles. The third-order valence-corrected chi connectivity index (χ3v) is 3.87. The first-order chi connectivity index (χ1) is 9.96. The van der Waals surface area contributed by atoms with E-state index in [9.17, 15) is 0 Å². The molecule has 1 rings (SSSR count). The fourth-order valence-electron chi connectivity index (χ4n) is 2.58. The summed E-state index contributed by atoms with van der Waals surface area (Å²) in [6.07, 6.45) is 5.12. The summed E-state index contributed by atoms with van der Waals surface area (Å²) < 4.78 is 2.11. The van der Waals surface area contributed by atoms with E-state index in [-0.39, 0.29) is 0 Å². The summed E-state index contributed by atoms with van der Waals surface area (Å²) >= 11 is 4.99. The summed E-state index contributed by atoms with van der Waals surface area (Å²) in [5, 5.41) is 4.74. The van der Waals surface area contributed by atoms with Crippen LogP contribution in [0.15, 0.2) is 12.3 Å². The molecule has 1 aromatic heterocycles. The Balaban J connectivity index is 2.66. The highest BCUT2D eigenvalue weighted by atomic mass is 32.1. The molecule has 21 heavy (non-hydrogen) atoms. The van der Waals surface area contributed by atoms with E-state index in [4.69, 9.17) is 23.1 Å². The van der Waals surface area contributed by atoms with Gasteiger partial charge in [0.2, 0.25) is 0 Å². The first kappa shape index (κ1) is 18.1. The van der Waals surface area contributed by atoms with Crippen molar-refractivity contribution < 1.29 is 0 Å². The molecule has 1 heterocycles. The van der Waals surface area contributed by atoms with Gasteiger partial charge >= 0.3 is 0 Å². The van der Waals surface area contributed by atoms with E-state index in [0.717, 1.165) is 44.6 Å². The van der Waals surface area contributed by atoms with Crippen LogP contribution < -0.4 is 5.73 Å². The minimum Gasteiger partial charge on any atom is -0.393 e. The number of hydrogen-bond acceptors (Lipinski definition) is 3. The maximum absolute atomic E-state index is 5.63. The van der Waals surface area contributed by atoms with Gasteiger partial charge in [-0.3, -0.25) is 9.58 Å². The van der Waals surface area contributed by atoms with Crippen molar-refractivity contribution in [3.05, 3.63) is 18.0 Å². The second-order valence-electron chi connectivity index (χ2n) is 6.10. The summed E-state index contributed by atoms with van der Waals surface area (Å²) in [5.74, 6) is 0.623. The van der Waals surface area contributed by atoms with Crippen LogP contribution in [0.2, 0.25) is 0 Å². The van der Waals surface area contributed by atoms with Crippen LogP contribution in [-0.2, 0) is 6.54 Å². The zero-order valence-corrected chi connectivity index (χ0v) is 14.7. The SMILES string of the molecule is CCC(CC)n1ccc(CN(CCC(N)=S)CC(C)C)n1. The molecule has 0 fully saturated rings. The first-order valence-corrected chi connectivity index (χ1v) is 8.41. The highest BCUT2D eigenvalue weighted by Crippen LogP contribution is 2.15. The van der Waals surface area contributed by atoms with Gasteiger partial charge in [0, 0.05) is 32.3 Å². The van der Waals surface area contributed by atoms with Crippen molar-refractivity contribution in [3.63, 3.8) is 0 Å². The van der Waals surface area contributed by atoms with Crippen molar-refractivity contribution in [2.45, 2.75) is 59.5 Å². The van der Waals surface area contributed by atoms with E-state index in [1.807, 2.05) is 0 Å². The van der Waals surface area contributed by atoms with Gasteiger partial charge in [-0.15, -0.1) is 0 Å². The van der Waals surface area contributed by atoms with Crippen molar-refractivity contribution >= 4 is 17.2 Å². The van der Waals surface area contributed by atoms with Crippen LogP contribution in [-0.4, -0.2) is 32.8 Å². The lowest BCUT2D eigenvalue weighted by Gasteiger charge is -2.23. The molecule has 2 N–H and O–H groups in total. The second kappa shape index (κ2) is 9.15. The second-order valence-corrected chi connectivity index (χ2v) is 6.63. The van der Waals surface area contributed by atoms with Gasteiger partial charge in [0.1, 0.15) is 0 Å². The Hall–Kier alpha value is -0.940. The third kappa shape index (κ3) is 6.57. The molecule has 0 radical (unpaired) electrons. The van der Waals surface area contributed by atoms with Crippen LogP contribution in [0, 0.1) is 5.92 Å². The van der Waals surface area contributed by atoms with Gasteiger partial charge in [-0.25, -0.2) is 0 Å². The van der Waals surface area contributed by atoms with Crippen LogP contribution in [0.5, 0.6) is 0 Å². The predicted molar refractivity (Wildman–Crippen MR) is 93.4 cm³/mol. The lowest BCUT2D eigenvalue weighted by Crippen LogP contribution is -2.31. The monoisotopic (exact) mass is 310 g/mol. The zero-order valence-electron chi connectivity index (χ0n) is 13.9. The molecule has 120 valence electrons. The molecule has 4 nitrogen and oxygen atoms in total. The molecule has 1 aromatic rings. The highest BCUT2D eigenvalue weighted by Gasteiger charge is 2.12. The summed E-state index contributed by atoms with van der Waals surface area (Å²) in [6.45, 7) is 11.7. The van der Waals surface area contributed by atoms with Crippen molar-refractivity contribution in [1.29, 1.82) is 0 Å². The molecule has 0 aliphatic rings. The molecule has 0 spiro atoms. The Kier molecular flexibility index (Phi) is 7.89. The summed E-state index contributed by atoms with van der Waals surface area (Å²) in [7, 11) is 0. The molecular formula is C16H30N4S. The van der Waals surface area contributed by atoms with Gasteiger partial charge in [-0.1, -0.05) is 39.9 Å². The standard InChI is InChI=1S/C16H30N4S/c1-5-15(6-2)20-10-7-14(18-20)12-19(11-13(3)4)9-8-16(17)21/h7,10,13,15H,5-6,8-9,11-12H2,1-4H3,(H2,17,21). The smallest absolute Gasteiger partial charge is 0.0764 e. The number of rotatable bonds is 10. The minimum atomic E-state index is 0.508. The van der Waals surface area contributed by atoms with E-state index < -0.39 is 0 Å². The Labute approximate surface area is 134 Å². The van der Waals surface area contributed by atoms with Gasteiger partial charge in [-0.05, 0) is 24.8 Å². The van der Waals surface area contributed by atoms with Gasteiger partial charge in [0.15, 0.2) is 0 Å². The van der Waals surface area contributed by atoms with Gasteiger partial charge < -0.3 is 5.73 Å². The van der Waals surface area contributed by atoms with E-state index in [1.165, 1.54) is 0 Å². The lowest BCUT2D eigenvalue weighted by atomic mass is 10.2. The molecule has 0 amide bonds. The maximum Gasteiger partial charge on any atom is 0.0764 e. The molecule has 0 bridgehead atoms. The Morgan fingerprint density at radius 3 is 2.57 bits per heavy atom. The largest absolute Gasteiger partial charge is 0.393 e. The lowest BCUT2D eigenvalue weighted by molar-refractivity contribution is 0.238. The van der Waals surface area contributed by atoms with Gasteiger partial charge in [-0.2, -0.15) is 5.10 Å². The molecule has 0 aromatic carbocycles. The zero-order chi connectivity index (χ0) is 15.8. The fourth-order valence-corrected chi connectivity index (χ4v) is 2.67. The normalized spacial score (nSPS) is 11.8. The van der Waals surface area contributed by atoms with Crippen LogP contribution in [0.4, 0.5) is 0 Å². The predicted octanol–water partition coefficient (Wildman–Crippen LogP) is 3.38. The van der Waals surface area contributed by atoms with Gasteiger partial charge in [0.25, 0.3) is 0 Å². The summed E-state index contributed by atoms with van der Waals surface area (Å²) in [6, 6.07) is 2.64. The van der Waals surface area contributed by atoms with Crippen molar-refractivity contribution in [3.8, 4) is 0 Å². The average molecular weight is 311 g/mol. The van der Waals surface area contributed by atoms with Gasteiger partial charge in [0.05, 0.1) is 16.7 Å². The topological polar surface area (TPSA) is 47.1 Å². The van der Waals surface area contributed by atoms with Crippen molar-refractivity contribution in [2.75, 3.05) is 13.1 Å². The van der Waals surface area contributed by atoms with Crippen molar-refractivity contribution in [1.82, 2.24) is 14.7 Å². The van der Waals surface area contributed by atoms with Crippen LogP contribution in [0.3, 0.4) is 0 Å². The number of thiocarbonyl (C=S) groups is 1. The van der Waals surface area contributed by atoms with Crippen LogP contribution in [0.25, 0.3) is 0 Å². The minimum absolute atomic E-state index is 0.508. The molecular weight excluding hydrogens is 280 g/mol. The van der Waals surface area contributed by atoms with E-state index in [0.29, 0.717) is 16.9 Å². The van der Waals surface area contributed by atoms with E-state index in [1.54, 1.807) is 0 Å². The Bertz CT molecular complexity index is 424. The highest BCUT2D eigenvalue weighted by molar-refractivity contribution is 7.80. The first-order valence-electron chi connectivity index (χ1n) is 8.00. The molecule has 5 heteroatoms. The van der Waals surface area contributed by atoms with Crippen LogP contribution >= 0.6 is 12.2 Å². The van der Waals surface area contributed by atoms with E-state index >= 15 is 0 Å². The molecule has 0 saturated heterocycles. The number of aromatic nitrogens is 2. The summed E-state index contributed by atoms with van der Waals surface area (Å²) in [4.78, 5) is 2.98. The van der Waals surface area contributed by atoms with E-state index in [2.05, 4.69) is 49.5 Å². The number of nitrogens with two attached hydrogens (primary N) is 1. The van der Waals surface area contributed by atoms with Crippen molar-refractivity contribution in [2.24, 2.45) is 11.7 Å². The molecule has 0 aliphatic carbocycles. The molecule has 0 atom stereocenters. The fraction of sp³-hybridized carbons (Fsp3) is 0.750. The third-order valence-electron chi connectivity index (χ3n) is 3.66. The number of nitrogens with zero attached hydrogens (tertiary/aromatic N) is 3. The quantitative estimate of drug-likeness (QED) is 0.673. The Morgan fingerprint density at radius 1 is 1.38 bits per heavy atom. The average Bonchev–Trinajstić information content (AvgIpc) is 2.85. The molecule has 0 aliphatic heterocycles. The summed E-state index contributed by atoms with van der Waals surface area (Å²) in [5.41, 5.74) is 6.76. The Morgan fingerprint density at radius 2 is 2.05 bits per heavy atom. The number of hydrogen-bond donors (Lipinski definition) is 1. The van der Waals surface area contributed by atoms with Crippen LogP contribution in [0.1, 0.15) is 58.7 Å².